The molecule has 1 fully saturated rings. The fourth-order valence-electron chi connectivity index (χ4n) is 2.90. The van der Waals surface area contributed by atoms with E-state index in [1.165, 1.54) is 38.5 Å². The van der Waals surface area contributed by atoms with E-state index >= 15 is 0 Å². The van der Waals surface area contributed by atoms with E-state index in [9.17, 15) is 4.79 Å². The van der Waals surface area contributed by atoms with Crippen LogP contribution in [0.1, 0.15) is 48.9 Å². The monoisotopic (exact) mass is 286 g/mol. The molecule has 2 N–H and O–H groups in total. The Labute approximate surface area is 127 Å². The lowest BCUT2D eigenvalue weighted by Crippen LogP contribution is -2.23. The van der Waals surface area contributed by atoms with Gasteiger partial charge in [-0.15, -0.1) is 6.58 Å². The summed E-state index contributed by atoms with van der Waals surface area (Å²) < 4.78 is 0. The van der Waals surface area contributed by atoms with Crippen LogP contribution in [0.15, 0.2) is 36.9 Å². The van der Waals surface area contributed by atoms with Crippen molar-refractivity contribution in [3.8, 4) is 0 Å². The number of anilines is 1. The average Bonchev–Trinajstić information content (AvgIpc) is 2.54. The van der Waals surface area contributed by atoms with Crippen molar-refractivity contribution in [2.45, 2.75) is 38.5 Å². The van der Waals surface area contributed by atoms with Crippen LogP contribution in [0.2, 0.25) is 0 Å². The summed E-state index contributed by atoms with van der Waals surface area (Å²) in [5.74, 6) is 0.846. The minimum Gasteiger partial charge on any atom is -0.385 e. The third-order valence-corrected chi connectivity index (χ3v) is 4.16. The Balaban J connectivity index is 1.74. The molecule has 0 atom stereocenters. The highest BCUT2D eigenvalue weighted by Crippen LogP contribution is 2.26. The Kier molecular flexibility index (Phi) is 6.32. The van der Waals surface area contributed by atoms with Gasteiger partial charge in [0.2, 0.25) is 0 Å². The predicted molar refractivity (Wildman–Crippen MR) is 88.7 cm³/mol. The standard InChI is InChI=1S/C18H26N2O/c1-2-13-20-18(21)16-8-10-17(11-9-16)19-14-12-15-6-4-3-5-7-15/h2,8-11,15,19H,1,3-7,12-14H2,(H,20,21). The van der Waals surface area contributed by atoms with Crippen molar-refractivity contribution in [2.24, 2.45) is 5.92 Å². The number of nitrogens with one attached hydrogen (secondary N) is 2. The lowest BCUT2D eigenvalue weighted by molar-refractivity contribution is 0.0958. The molecule has 3 nitrogen and oxygen atoms in total. The molecule has 0 unspecified atom stereocenters. The highest BCUT2D eigenvalue weighted by molar-refractivity contribution is 5.94. The molecule has 0 radical (unpaired) electrons. The van der Waals surface area contributed by atoms with Crippen LogP contribution in [-0.2, 0) is 0 Å². The van der Waals surface area contributed by atoms with Crippen LogP contribution in [-0.4, -0.2) is 19.0 Å². The molecule has 1 aromatic rings. The minimum atomic E-state index is -0.0522. The van der Waals surface area contributed by atoms with Gasteiger partial charge in [0.25, 0.3) is 5.91 Å². The van der Waals surface area contributed by atoms with Gasteiger partial charge in [0.1, 0.15) is 0 Å². The van der Waals surface area contributed by atoms with Crippen LogP contribution in [0.3, 0.4) is 0 Å². The van der Waals surface area contributed by atoms with Crippen LogP contribution in [0, 0.1) is 5.92 Å². The summed E-state index contributed by atoms with van der Waals surface area (Å²) in [5.41, 5.74) is 1.78. The van der Waals surface area contributed by atoms with Crippen molar-refractivity contribution in [2.75, 3.05) is 18.4 Å². The summed E-state index contributed by atoms with van der Waals surface area (Å²) in [6, 6.07) is 7.68. The van der Waals surface area contributed by atoms with Crippen LogP contribution < -0.4 is 10.6 Å². The molecular formula is C18H26N2O. The second-order valence-corrected chi connectivity index (χ2v) is 5.80. The Morgan fingerprint density at radius 2 is 1.90 bits per heavy atom. The summed E-state index contributed by atoms with van der Waals surface area (Å²) >= 11 is 0. The van der Waals surface area contributed by atoms with Crippen LogP contribution in [0.4, 0.5) is 5.69 Å². The van der Waals surface area contributed by atoms with Gasteiger partial charge in [0, 0.05) is 24.3 Å². The van der Waals surface area contributed by atoms with E-state index in [-0.39, 0.29) is 5.91 Å². The van der Waals surface area contributed by atoms with E-state index in [4.69, 9.17) is 0 Å². The maximum Gasteiger partial charge on any atom is 0.251 e. The zero-order valence-electron chi connectivity index (χ0n) is 12.7. The first-order valence-corrected chi connectivity index (χ1v) is 8.02. The predicted octanol–water partition coefficient (Wildman–Crippen LogP) is 3.98. The van der Waals surface area contributed by atoms with Gasteiger partial charge in [0.15, 0.2) is 0 Å². The molecule has 0 saturated heterocycles. The van der Waals surface area contributed by atoms with Gasteiger partial charge in [0.05, 0.1) is 0 Å². The first kappa shape index (κ1) is 15.6. The van der Waals surface area contributed by atoms with E-state index in [1.807, 2.05) is 24.3 Å². The number of hydrogen-bond donors (Lipinski definition) is 2. The largest absolute Gasteiger partial charge is 0.385 e. The molecule has 0 heterocycles. The lowest BCUT2D eigenvalue weighted by atomic mass is 9.87. The maximum absolute atomic E-state index is 11.8. The van der Waals surface area contributed by atoms with Crippen molar-refractivity contribution < 1.29 is 4.79 Å². The fraction of sp³-hybridized carbons (Fsp3) is 0.500. The first-order valence-electron chi connectivity index (χ1n) is 8.02. The number of benzene rings is 1. The molecule has 0 spiro atoms. The van der Waals surface area contributed by atoms with Gasteiger partial charge in [-0.1, -0.05) is 38.2 Å². The Hall–Kier alpha value is -1.77. The SMILES string of the molecule is C=CCNC(=O)c1ccc(NCCC2CCCCC2)cc1. The normalized spacial score (nSPS) is 15.4. The van der Waals surface area contributed by atoms with Gasteiger partial charge >= 0.3 is 0 Å². The molecule has 1 aliphatic rings. The van der Waals surface area contributed by atoms with Gasteiger partial charge in [-0.25, -0.2) is 0 Å². The zero-order chi connectivity index (χ0) is 14.9. The van der Waals surface area contributed by atoms with Gasteiger partial charge in [-0.2, -0.15) is 0 Å². The smallest absolute Gasteiger partial charge is 0.251 e. The molecule has 114 valence electrons. The molecular weight excluding hydrogens is 260 g/mol. The number of amides is 1. The second-order valence-electron chi connectivity index (χ2n) is 5.80. The zero-order valence-corrected chi connectivity index (χ0v) is 12.7. The average molecular weight is 286 g/mol. The van der Waals surface area contributed by atoms with E-state index < -0.39 is 0 Å². The quantitative estimate of drug-likeness (QED) is 0.744. The minimum absolute atomic E-state index is 0.0522. The van der Waals surface area contributed by atoms with E-state index in [1.54, 1.807) is 6.08 Å². The van der Waals surface area contributed by atoms with Gasteiger partial charge < -0.3 is 10.6 Å². The van der Waals surface area contributed by atoms with Crippen LogP contribution in [0.5, 0.6) is 0 Å². The second kappa shape index (κ2) is 8.50. The molecule has 21 heavy (non-hydrogen) atoms. The topological polar surface area (TPSA) is 41.1 Å². The van der Waals surface area contributed by atoms with Crippen LogP contribution >= 0.6 is 0 Å². The Morgan fingerprint density at radius 3 is 2.57 bits per heavy atom. The molecule has 1 aromatic carbocycles. The molecule has 3 heteroatoms. The molecule has 0 aromatic heterocycles. The summed E-state index contributed by atoms with van der Waals surface area (Å²) in [6.07, 6.45) is 9.94. The third-order valence-electron chi connectivity index (χ3n) is 4.16. The first-order chi connectivity index (χ1) is 10.3. The van der Waals surface area contributed by atoms with Crippen LogP contribution in [0.25, 0.3) is 0 Å². The fourth-order valence-corrected chi connectivity index (χ4v) is 2.90. The van der Waals surface area contributed by atoms with Gasteiger partial charge in [-0.3, -0.25) is 4.79 Å². The summed E-state index contributed by atoms with van der Waals surface area (Å²) in [6.45, 7) is 5.11. The highest BCUT2D eigenvalue weighted by Gasteiger charge is 2.12. The van der Waals surface area contributed by atoms with E-state index in [2.05, 4.69) is 17.2 Å². The molecule has 1 amide bonds. The summed E-state index contributed by atoms with van der Waals surface area (Å²) in [7, 11) is 0. The number of hydrogen-bond acceptors (Lipinski definition) is 2. The third kappa shape index (κ3) is 5.25. The number of rotatable bonds is 7. The molecule has 2 rings (SSSR count). The van der Waals surface area contributed by atoms with Crippen molar-refractivity contribution in [3.05, 3.63) is 42.5 Å². The van der Waals surface area contributed by atoms with Crippen molar-refractivity contribution in [1.82, 2.24) is 5.32 Å². The molecule has 1 aliphatic carbocycles. The number of carbonyl (C=O) groups is 1. The summed E-state index contributed by atoms with van der Waals surface area (Å²) in [5, 5.41) is 6.23. The summed E-state index contributed by atoms with van der Waals surface area (Å²) in [4.78, 5) is 11.8. The molecule has 0 bridgehead atoms. The van der Waals surface area contributed by atoms with E-state index in [0.29, 0.717) is 12.1 Å². The Bertz CT molecular complexity index is 447. The molecule has 0 aliphatic heterocycles. The number of carbonyl (C=O) groups excluding carboxylic acids is 1. The highest BCUT2D eigenvalue weighted by atomic mass is 16.1. The van der Waals surface area contributed by atoms with E-state index in [0.717, 1.165) is 18.2 Å². The van der Waals surface area contributed by atoms with Gasteiger partial charge in [-0.05, 0) is 36.6 Å². The van der Waals surface area contributed by atoms with Crippen molar-refractivity contribution in [1.29, 1.82) is 0 Å². The lowest BCUT2D eigenvalue weighted by Gasteiger charge is -2.21. The van der Waals surface area contributed by atoms with Crippen molar-refractivity contribution in [3.63, 3.8) is 0 Å². The van der Waals surface area contributed by atoms with Crippen molar-refractivity contribution >= 4 is 11.6 Å². The Morgan fingerprint density at radius 1 is 1.19 bits per heavy atom. The molecule has 1 saturated carbocycles. The maximum atomic E-state index is 11.8.